The standard InChI is InChI=1S/C27H27F2N5S2/c1-33(2)17-18-9-12-23-24(15-18)35-26(31-23)34-27(13-6-14-30,19-7-4-3-5-8-19)36-25(32-34)21-16-20(28)10-11-22(21)29/h3-5,7-12,15-16H,6,13-14,17,30H2,1-2H3. The molecule has 0 radical (unpaired) electrons. The van der Waals surface area contributed by atoms with Gasteiger partial charge < -0.3 is 10.6 Å². The normalized spacial score (nSPS) is 17.8. The van der Waals surface area contributed by atoms with E-state index >= 15 is 0 Å². The van der Waals surface area contributed by atoms with Gasteiger partial charge in [-0.05, 0) is 74.9 Å². The monoisotopic (exact) mass is 523 g/mol. The highest BCUT2D eigenvalue weighted by Crippen LogP contribution is 2.53. The lowest BCUT2D eigenvalue weighted by atomic mass is 10.0. The molecule has 0 spiro atoms. The number of rotatable bonds is 8. The van der Waals surface area contributed by atoms with Crippen molar-refractivity contribution in [2.75, 3.05) is 25.6 Å². The molecular formula is C27H27F2N5S2. The van der Waals surface area contributed by atoms with Crippen LogP contribution in [0.5, 0.6) is 0 Å². The average Bonchev–Trinajstić information content (AvgIpc) is 3.46. The minimum atomic E-state index is -0.699. The Hall–Kier alpha value is -2.85. The third-order valence-electron chi connectivity index (χ3n) is 6.02. The summed E-state index contributed by atoms with van der Waals surface area (Å²) < 4.78 is 30.0. The topological polar surface area (TPSA) is 57.8 Å². The van der Waals surface area contributed by atoms with Crippen molar-refractivity contribution in [3.05, 3.63) is 95.1 Å². The minimum absolute atomic E-state index is 0.143. The molecule has 1 aliphatic heterocycles. The number of anilines is 1. The van der Waals surface area contributed by atoms with E-state index < -0.39 is 16.5 Å². The smallest absolute Gasteiger partial charge is 0.208 e. The van der Waals surface area contributed by atoms with Crippen LogP contribution < -0.4 is 10.7 Å². The number of hydrogen-bond donors (Lipinski definition) is 1. The van der Waals surface area contributed by atoms with Crippen LogP contribution in [-0.2, 0) is 11.4 Å². The molecule has 0 saturated carbocycles. The van der Waals surface area contributed by atoms with Crippen molar-refractivity contribution in [3.63, 3.8) is 0 Å². The SMILES string of the molecule is CN(C)Cc1ccc2nc(N3N=C(c4cc(F)ccc4F)SC3(CCCN)c3ccccc3)sc2c1. The van der Waals surface area contributed by atoms with Gasteiger partial charge in [0.15, 0.2) is 0 Å². The number of nitrogens with zero attached hydrogens (tertiary/aromatic N) is 4. The number of aromatic nitrogens is 1. The van der Waals surface area contributed by atoms with Gasteiger partial charge in [-0.2, -0.15) is 5.10 Å². The van der Waals surface area contributed by atoms with Gasteiger partial charge in [0.05, 0.1) is 10.2 Å². The van der Waals surface area contributed by atoms with Gasteiger partial charge in [-0.25, -0.2) is 18.8 Å². The fourth-order valence-corrected chi connectivity index (χ4v) is 6.93. The first-order valence-corrected chi connectivity index (χ1v) is 13.4. The fraction of sp³-hybridized carbons (Fsp3) is 0.259. The van der Waals surface area contributed by atoms with E-state index in [-0.39, 0.29) is 5.56 Å². The van der Waals surface area contributed by atoms with Crippen LogP contribution in [0, 0.1) is 11.6 Å². The minimum Gasteiger partial charge on any atom is -0.330 e. The Morgan fingerprint density at radius 1 is 1.03 bits per heavy atom. The summed E-state index contributed by atoms with van der Waals surface area (Å²) in [4.78, 5) is 6.35. The lowest BCUT2D eigenvalue weighted by Crippen LogP contribution is -2.38. The highest BCUT2D eigenvalue weighted by molar-refractivity contribution is 8.15. The summed E-state index contributed by atoms with van der Waals surface area (Å²) >= 11 is 2.97. The van der Waals surface area contributed by atoms with Crippen molar-refractivity contribution < 1.29 is 8.78 Å². The molecule has 2 heterocycles. The van der Waals surface area contributed by atoms with Crippen LogP contribution in [0.2, 0.25) is 0 Å². The van der Waals surface area contributed by atoms with Gasteiger partial charge >= 0.3 is 0 Å². The summed E-state index contributed by atoms with van der Waals surface area (Å²) in [5, 5.41) is 7.89. The molecule has 5 rings (SSSR count). The van der Waals surface area contributed by atoms with Gasteiger partial charge in [0.2, 0.25) is 5.13 Å². The van der Waals surface area contributed by atoms with E-state index in [1.54, 1.807) is 11.3 Å². The summed E-state index contributed by atoms with van der Waals surface area (Å²) in [5.41, 5.74) is 9.17. The third-order valence-corrected chi connectivity index (χ3v) is 8.46. The second-order valence-corrected chi connectivity index (χ2v) is 11.3. The molecule has 0 saturated heterocycles. The number of hydrogen-bond acceptors (Lipinski definition) is 7. The Morgan fingerprint density at radius 3 is 2.58 bits per heavy atom. The van der Waals surface area contributed by atoms with Crippen LogP contribution in [-0.4, -0.2) is 35.6 Å². The molecule has 9 heteroatoms. The van der Waals surface area contributed by atoms with E-state index in [4.69, 9.17) is 15.8 Å². The van der Waals surface area contributed by atoms with E-state index in [1.165, 1.54) is 23.4 Å². The van der Waals surface area contributed by atoms with Gasteiger partial charge in [-0.3, -0.25) is 0 Å². The van der Waals surface area contributed by atoms with Gasteiger partial charge in [0.1, 0.15) is 21.5 Å². The highest BCUT2D eigenvalue weighted by Gasteiger charge is 2.47. The average molecular weight is 524 g/mol. The molecule has 1 aliphatic rings. The third kappa shape index (κ3) is 4.76. The zero-order valence-corrected chi connectivity index (χ0v) is 21.8. The van der Waals surface area contributed by atoms with Crippen molar-refractivity contribution in [1.29, 1.82) is 0 Å². The number of fused-ring (bicyclic) bond motifs is 1. The molecule has 1 atom stereocenters. The summed E-state index contributed by atoms with van der Waals surface area (Å²) in [6.45, 7) is 1.33. The number of nitrogens with two attached hydrogens (primary N) is 1. The Bertz CT molecular complexity index is 1410. The predicted molar refractivity (Wildman–Crippen MR) is 146 cm³/mol. The molecule has 2 N–H and O–H groups in total. The van der Waals surface area contributed by atoms with E-state index in [1.807, 2.05) is 55.5 Å². The molecule has 5 nitrogen and oxygen atoms in total. The maximum absolute atomic E-state index is 14.9. The first-order chi connectivity index (χ1) is 17.4. The second-order valence-electron chi connectivity index (χ2n) is 9.02. The molecular weight excluding hydrogens is 496 g/mol. The summed E-state index contributed by atoms with van der Waals surface area (Å²) in [5.74, 6) is -1.02. The number of halogens is 2. The highest BCUT2D eigenvalue weighted by atomic mass is 32.2. The predicted octanol–water partition coefficient (Wildman–Crippen LogP) is 6.14. The fourth-order valence-electron chi connectivity index (χ4n) is 4.40. The summed E-state index contributed by atoms with van der Waals surface area (Å²) in [6, 6.07) is 19.7. The quantitative estimate of drug-likeness (QED) is 0.301. The van der Waals surface area contributed by atoms with E-state index in [0.29, 0.717) is 23.1 Å². The molecule has 0 aliphatic carbocycles. The molecule has 36 heavy (non-hydrogen) atoms. The van der Waals surface area contributed by atoms with Crippen molar-refractivity contribution in [2.24, 2.45) is 10.8 Å². The maximum atomic E-state index is 14.9. The Balaban J connectivity index is 1.67. The van der Waals surface area contributed by atoms with Gasteiger partial charge in [-0.15, -0.1) is 0 Å². The van der Waals surface area contributed by atoms with Crippen LogP contribution in [0.3, 0.4) is 0 Å². The number of thioether (sulfide) groups is 1. The maximum Gasteiger partial charge on any atom is 0.208 e. The lowest BCUT2D eigenvalue weighted by Gasteiger charge is -2.35. The van der Waals surface area contributed by atoms with Crippen LogP contribution >= 0.6 is 23.1 Å². The molecule has 186 valence electrons. The van der Waals surface area contributed by atoms with Crippen LogP contribution in [0.1, 0.15) is 29.5 Å². The Kier molecular flexibility index (Phi) is 7.07. The molecule has 1 aromatic heterocycles. The van der Waals surface area contributed by atoms with Gasteiger partial charge in [0.25, 0.3) is 0 Å². The summed E-state index contributed by atoms with van der Waals surface area (Å²) in [6.07, 6.45) is 1.38. The van der Waals surface area contributed by atoms with Crippen LogP contribution in [0.15, 0.2) is 71.8 Å². The molecule has 1 unspecified atom stereocenters. The Labute approximate surface area is 217 Å². The Morgan fingerprint density at radius 2 is 1.83 bits per heavy atom. The summed E-state index contributed by atoms with van der Waals surface area (Å²) in [7, 11) is 4.08. The van der Waals surface area contributed by atoms with E-state index in [2.05, 4.69) is 17.0 Å². The number of benzene rings is 3. The molecule has 4 aromatic rings. The van der Waals surface area contributed by atoms with Crippen LogP contribution in [0.4, 0.5) is 13.9 Å². The molecule has 0 amide bonds. The zero-order valence-electron chi connectivity index (χ0n) is 20.1. The van der Waals surface area contributed by atoms with Crippen LogP contribution in [0.25, 0.3) is 10.2 Å². The van der Waals surface area contributed by atoms with Crippen molar-refractivity contribution in [1.82, 2.24) is 9.88 Å². The largest absolute Gasteiger partial charge is 0.330 e. The molecule has 0 bridgehead atoms. The second kappa shape index (κ2) is 10.3. The van der Waals surface area contributed by atoms with Crippen molar-refractivity contribution in [2.45, 2.75) is 24.3 Å². The van der Waals surface area contributed by atoms with Crippen molar-refractivity contribution in [3.8, 4) is 0 Å². The van der Waals surface area contributed by atoms with E-state index in [9.17, 15) is 8.78 Å². The number of hydrazone groups is 1. The first kappa shape index (κ1) is 24.8. The van der Waals surface area contributed by atoms with Crippen molar-refractivity contribution >= 4 is 43.5 Å². The van der Waals surface area contributed by atoms with E-state index in [0.717, 1.165) is 40.9 Å². The number of thiazole rings is 1. The lowest BCUT2D eigenvalue weighted by molar-refractivity contribution is 0.403. The van der Waals surface area contributed by atoms with Gasteiger partial charge in [0, 0.05) is 12.1 Å². The molecule has 0 fully saturated rings. The molecule has 3 aromatic carbocycles. The first-order valence-electron chi connectivity index (χ1n) is 11.7. The zero-order chi connectivity index (χ0) is 25.3. The van der Waals surface area contributed by atoms with Gasteiger partial charge in [-0.1, -0.05) is 59.5 Å².